The van der Waals surface area contributed by atoms with Crippen LogP contribution in [0.4, 0.5) is 5.82 Å². The van der Waals surface area contributed by atoms with Crippen molar-refractivity contribution in [3.05, 3.63) is 17.8 Å². The minimum atomic E-state index is -0.522. The molecule has 0 radical (unpaired) electrons. The topological polar surface area (TPSA) is 84.3 Å². The minimum Gasteiger partial charge on any atom is -0.464 e. The monoisotopic (exact) mass is 239 g/mol. The van der Waals surface area contributed by atoms with E-state index in [0.29, 0.717) is 5.82 Å². The maximum absolute atomic E-state index is 11.1. The fourth-order valence-electron chi connectivity index (χ4n) is 1.24. The largest absolute Gasteiger partial charge is 0.464 e. The molecule has 0 saturated heterocycles. The molecule has 94 valence electrons. The molecule has 0 amide bonds. The van der Waals surface area contributed by atoms with Crippen molar-refractivity contribution in [3.63, 3.8) is 0 Å². The van der Waals surface area contributed by atoms with Crippen LogP contribution >= 0.6 is 0 Å². The lowest BCUT2D eigenvalue weighted by Gasteiger charge is -2.19. The first-order chi connectivity index (χ1) is 8.08. The van der Waals surface area contributed by atoms with Crippen molar-refractivity contribution >= 4 is 11.8 Å². The number of methoxy groups -OCH3 is 1. The fourth-order valence-corrected chi connectivity index (χ4v) is 1.24. The smallest absolute Gasteiger partial charge is 0.358 e. The molecule has 0 spiro atoms. The zero-order valence-electron chi connectivity index (χ0n) is 10.2. The molecular formula is C11H17N3O3. The zero-order chi connectivity index (χ0) is 12.8. The van der Waals surface area contributed by atoms with Gasteiger partial charge in [0.2, 0.25) is 0 Å². The van der Waals surface area contributed by atoms with Crippen molar-refractivity contribution in [2.75, 3.05) is 19.0 Å². The van der Waals surface area contributed by atoms with Crippen molar-refractivity contribution in [1.29, 1.82) is 0 Å². The van der Waals surface area contributed by atoms with E-state index in [2.05, 4.69) is 20.3 Å². The number of rotatable bonds is 5. The van der Waals surface area contributed by atoms with Gasteiger partial charge in [0, 0.05) is 0 Å². The van der Waals surface area contributed by atoms with Gasteiger partial charge in [-0.25, -0.2) is 4.79 Å². The van der Waals surface area contributed by atoms with Crippen LogP contribution in [0.3, 0.4) is 0 Å². The molecule has 1 aromatic rings. The van der Waals surface area contributed by atoms with Crippen molar-refractivity contribution in [3.8, 4) is 0 Å². The standard InChI is InChI=1S/C11H17N3O3/c1-7(2)9(6-15)12-10-5-4-8(13-14-10)11(16)17-3/h4-5,7,9,15H,6H2,1-3H3,(H,12,14)/t9-/m1/s1. The van der Waals surface area contributed by atoms with Crippen LogP contribution < -0.4 is 5.32 Å². The Labute approximate surface area is 100 Å². The number of hydrogen-bond donors (Lipinski definition) is 2. The van der Waals surface area contributed by atoms with E-state index in [9.17, 15) is 4.79 Å². The maximum Gasteiger partial charge on any atom is 0.358 e. The summed E-state index contributed by atoms with van der Waals surface area (Å²) in [6, 6.07) is 3.06. The van der Waals surface area contributed by atoms with Crippen molar-refractivity contribution in [1.82, 2.24) is 10.2 Å². The van der Waals surface area contributed by atoms with E-state index in [1.807, 2.05) is 13.8 Å². The molecule has 0 saturated carbocycles. The first kappa shape index (κ1) is 13.4. The van der Waals surface area contributed by atoms with Crippen LogP contribution in [0.25, 0.3) is 0 Å². The highest BCUT2D eigenvalue weighted by Gasteiger charge is 2.13. The van der Waals surface area contributed by atoms with E-state index >= 15 is 0 Å². The van der Waals surface area contributed by atoms with E-state index in [1.165, 1.54) is 13.2 Å². The first-order valence-corrected chi connectivity index (χ1v) is 5.38. The molecule has 1 rings (SSSR count). The summed E-state index contributed by atoms with van der Waals surface area (Å²) in [5.41, 5.74) is 0.156. The zero-order valence-corrected chi connectivity index (χ0v) is 10.2. The van der Waals surface area contributed by atoms with E-state index in [0.717, 1.165) is 0 Å². The Hall–Kier alpha value is -1.69. The second-order valence-corrected chi connectivity index (χ2v) is 3.97. The number of nitrogens with one attached hydrogen (secondary N) is 1. The van der Waals surface area contributed by atoms with Gasteiger partial charge in [-0.15, -0.1) is 10.2 Å². The third kappa shape index (κ3) is 3.67. The fraction of sp³-hybridized carbons (Fsp3) is 0.545. The van der Waals surface area contributed by atoms with Gasteiger partial charge in [0.05, 0.1) is 19.8 Å². The molecule has 0 aliphatic carbocycles. The average molecular weight is 239 g/mol. The minimum absolute atomic E-state index is 0.0120. The van der Waals surface area contributed by atoms with E-state index in [-0.39, 0.29) is 24.3 Å². The van der Waals surface area contributed by atoms with E-state index in [1.54, 1.807) is 6.07 Å². The molecule has 0 aliphatic rings. The van der Waals surface area contributed by atoms with Gasteiger partial charge < -0.3 is 15.2 Å². The van der Waals surface area contributed by atoms with Gasteiger partial charge in [0.1, 0.15) is 5.82 Å². The summed E-state index contributed by atoms with van der Waals surface area (Å²) in [7, 11) is 1.29. The third-order valence-electron chi connectivity index (χ3n) is 2.39. The summed E-state index contributed by atoms with van der Waals surface area (Å²) in [4.78, 5) is 11.1. The predicted octanol–water partition coefficient (Wildman–Crippen LogP) is 0.692. The molecule has 6 nitrogen and oxygen atoms in total. The first-order valence-electron chi connectivity index (χ1n) is 5.38. The molecule has 0 aromatic carbocycles. The number of hydrogen-bond acceptors (Lipinski definition) is 6. The molecule has 0 bridgehead atoms. The van der Waals surface area contributed by atoms with Gasteiger partial charge in [-0.1, -0.05) is 13.8 Å². The van der Waals surface area contributed by atoms with Crippen LogP contribution in [-0.4, -0.2) is 41.0 Å². The highest BCUT2D eigenvalue weighted by molar-refractivity contribution is 5.86. The molecule has 0 fully saturated rings. The lowest BCUT2D eigenvalue weighted by molar-refractivity contribution is 0.0592. The summed E-state index contributed by atoms with van der Waals surface area (Å²) in [5, 5.41) is 19.8. The van der Waals surface area contributed by atoms with Crippen LogP contribution in [0.2, 0.25) is 0 Å². The van der Waals surface area contributed by atoms with Crippen molar-refractivity contribution in [2.24, 2.45) is 5.92 Å². The molecule has 6 heteroatoms. The number of carbonyl (C=O) groups is 1. The van der Waals surface area contributed by atoms with Crippen LogP contribution in [-0.2, 0) is 4.74 Å². The normalized spacial score (nSPS) is 12.3. The van der Waals surface area contributed by atoms with E-state index in [4.69, 9.17) is 5.11 Å². The SMILES string of the molecule is COC(=O)c1ccc(N[C@H](CO)C(C)C)nn1. The number of carbonyl (C=O) groups excluding carboxylic acids is 1. The Balaban J connectivity index is 2.71. The van der Waals surface area contributed by atoms with Crippen LogP contribution in [0.1, 0.15) is 24.3 Å². The molecule has 0 aliphatic heterocycles. The second kappa shape index (κ2) is 6.15. The molecule has 1 heterocycles. The van der Waals surface area contributed by atoms with Crippen molar-refractivity contribution in [2.45, 2.75) is 19.9 Å². The number of aliphatic hydroxyl groups is 1. The van der Waals surface area contributed by atoms with Crippen LogP contribution in [0.15, 0.2) is 12.1 Å². The molecule has 0 unspecified atom stereocenters. The Morgan fingerprint density at radius 3 is 2.59 bits per heavy atom. The number of ether oxygens (including phenoxy) is 1. The molecule has 1 aromatic heterocycles. The predicted molar refractivity (Wildman–Crippen MR) is 62.7 cm³/mol. The summed E-state index contributed by atoms with van der Waals surface area (Å²) in [5.74, 6) is 0.263. The molecular weight excluding hydrogens is 222 g/mol. The highest BCUT2D eigenvalue weighted by atomic mass is 16.5. The summed E-state index contributed by atoms with van der Waals surface area (Å²) in [6.45, 7) is 3.99. The van der Waals surface area contributed by atoms with Gasteiger partial charge in [-0.2, -0.15) is 0 Å². The Kier molecular flexibility index (Phi) is 4.84. The second-order valence-electron chi connectivity index (χ2n) is 3.97. The van der Waals surface area contributed by atoms with Gasteiger partial charge in [-0.3, -0.25) is 0 Å². The lowest BCUT2D eigenvalue weighted by atomic mass is 10.1. The van der Waals surface area contributed by atoms with Crippen molar-refractivity contribution < 1.29 is 14.6 Å². The van der Waals surface area contributed by atoms with Crippen LogP contribution in [0, 0.1) is 5.92 Å². The molecule has 17 heavy (non-hydrogen) atoms. The van der Waals surface area contributed by atoms with Gasteiger partial charge in [0.25, 0.3) is 0 Å². The summed E-state index contributed by atoms with van der Waals surface area (Å²) in [6.07, 6.45) is 0. The summed E-state index contributed by atoms with van der Waals surface area (Å²) >= 11 is 0. The molecule has 1 atom stereocenters. The quantitative estimate of drug-likeness (QED) is 0.735. The lowest BCUT2D eigenvalue weighted by Crippen LogP contribution is -2.30. The number of esters is 1. The maximum atomic E-state index is 11.1. The number of aliphatic hydroxyl groups excluding tert-OH is 1. The van der Waals surface area contributed by atoms with E-state index < -0.39 is 5.97 Å². The highest BCUT2D eigenvalue weighted by Crippen LogP contribution is 2.09. The number of anilines is 1. The third-order valence-corrected chi connectivity index (χ3v) is 2.39. The van der Waals surface area contributed by atoms with Gasteiger partial charge in [-0.05, 0) is 18.1 Å². The Morgan fingerprint density at radius 1 is 1.47 bits per heavy atom. The number of aromatic nitrogens is 2. The Bertz CT molecular complexity index is 365. The average Bonchev–Trinajstić information content (AvgIpc) is 2.35. The molecule has 2 N–H and O–H groups in total. The van der Waals surface area contributed by atoms with Gasteiger partial charge in [0.15, 0.2) is 5.69 Å². The summed E-state index contributed by atoms with van der Waals surface area (Å²) < 4.78 is 4.51. The Morgan fingerprint density at radius 2 is 2.18 bits per heavy atom. The van der Waals surface area contributed by atoms with Gasteiger partial charge >= 0.3 is 5.97 Å². The number of nitrogens with zero attached hydrogens (tertiary/aromatic N) is 2. The van der Waals surface area contributed by atoms with Crippen LogP contribution in [0.5, 0.6) is 0 Å².